The number of rotatable bonds is 2. The van der Waals surface area contributed by atoms with Gasteiger partial charge in [-0.05, 0) is 6.92 Å². The van der Waals surface area contributed by atoms with Crippen LogP contribution >= 0.6 is 10.7 Å². The molecule has 0 fully saturated rings. The summed E-state index contributed by atoms with van der Waals surface area (Å²) in [5.74, 6) is -0.916. The van der Waals surface area contributed by atoms with Crippen LogP contribution in [0.25, 0.3) is 0 Å². The Morgan fingerprint density at radius 1 is 1.41 bits per heavy atom. The number of alkyl halides is 3. The van der Waals surface area contributed by atoms with Crippen molar-refractivity contribution < 1.29 is 26.3 Å². The highest BCUT2D eigenvalue weighted by atomic mass is 35.7. The fourth-order valence-electron chi connectivity index (χ4n) is 0.943. The Morgan fingerprint density at radius 2 is 1.94 bits per heavy atom. The van der Waals surface area contributed by atoms with Gasteiger partial charge < -0.3 is 9.72 Å². The molecule has 0 saturated heterocycles. The topological polar surface area (TPSA) is 76.2 Å². The zero-order valence-corrected chi connectivity index (χ0v) is 9.70. The second-order valence-electron chi connectivity index (χ2n) is 2.94. The molecule has 1 aromatic heterocycles. The molecule has 0 radical (unpaired) electrons. The van der Waals surface area contributed by atoms with E-state index in [-0.39, 0.29) is 0 Å². The van der Waals surface area contributed by atoms with Gasteiger partial charge >= 0.3 is 6.36 Å². The van der Waals surface area contributed by atoms with E-state index >= 15 is 0 Å². The number of ether oxygens (including phenoxy) is 1. The largest absolute Gasteiger partial charge is 0.573 e. The van der Waals surface area contributed by atoms with Gasteiger partial charge in [0.1, 0.15) is 5.75 Å². The normalized spacial score (nSPS) is 12.5. The lowest BCUT2D eigenvalue weighted by Gasteiger charge is -2.11. The first kappa shape index (κ1) is 13.8. The van der Waals surface area contributed by atoms with Crippen LogP contribution in [0.1, 0.15) is 5.56 Å². The van der Waals surface area contributed by atoms with Gasteiger partial charge in [0.2, 0.25) is 0 Å². The third-order valence-corrected chi connectivity index (χ3v) is 2.94. The lowest BCUT2D eigenvalue weighted by Crippen LogP contribution is -2.22. The Bertz CT molecular complexity index is 592. The predicted octanol–water partition coefficient (Wildman–Crippen LogP) is 1.51. The third-order valence-electron chi connectivity index (χ3n) is 1.70. The van der Waals surface area contributed by atoms with Gasteiger partial charge in [-0.1, -0.05) is 0 Å². The van der Waals surface area contributed by atoms with E-state index in [0.29, 0.717) is 6.07 Å². The van der Waals surface area contributed by atoms with Crippen molar-refractivity contribution in [3.63, 3.8) is 0 Å². The highest BCUT2D eigenvalue weighted by molar-refractivity contribution is 8.13. The van der Waals surface area contributed by atoms with Crippen LogP contribution in [0.4, 0.5) is 13.2 Å². The fraction of sp³-hybridized carbons (Fsp3) is 0.286. The molecule has 0 aliphatic heterocycles. The van der Waals surface area contributed by atoms with Crippen molar-refractivity contribution >= 4 is 19.7 Å². The summed E-state index contributed by atoms with van der Waals surface area (Å²) in [6, 6.07) is 0.493. The quantitative estimate of drug-likeness (QED) is 0.838. The van der Waals surface area contributed by atoms with E-state index in [2.05, 4.69) is 4.74 Å². The minimum atomic E-state index is -5.04. The van der Waals surface area contributed by atoms with Crippen LogP contribution in [-0.2, 0) is 9.05 Å². The molecule has 1 N–H and O–H groups in total. The highest BCUT2D eigenvalue weighted by Crippen LogP contribution is 2.26. The number of aromatic amines is 1. The molecule has 0 saturated carbocycles. The molecule has 1 aromatic rings. The lowest BCUT2D eigenvalue weighted by atomic mass is 10.3. The van der Waals surface area contributed by atoms with Crippen LogP contribution in [-0.4, -0.2) is 19.8 Å². The van der Waals surface area contributed by atoms with Crippen molar-refractivity contribution in [1.82, 2.24) is 4.98 Å². The fourth-order valence-corrected chi connectivity index (χ4v) is 1.65. The SMILES string of the molecule is Cc1c(OC(F)(F)F)cc(S(=O)(=O)Cl)[nH]c1=O. The van der Waals surface area contributed by atoms with E-state index in [1.165, 1.54) is 0 Å². The van der Waals surface area contributed by atoms with E-state index in [1.807, 2.05) is 4.98 Å². The number of hydrogen-bond donors (Lipinski definition) is 1. The zero-order valence-electron chi connectivity index (χ0n) is 8.13. The summed E-state index contributed by atoms with van der Waals surface area (Å²) < 4.78 is 61.1. The van der Waals surface area contributed by atoms with E-state index < -0.39 is 37.3 Å². The van der Waals surface area contributed by atoms with E-state index in [4.69, 9.17) is 10.7 Å². The number of pyridine rings is 1. The van der Waals surface area contributed by atoms with E-state index in [9.17, 15) is 26.4 Å². The first-order valence-electron chi connectivity index (χ1n) is 3.95. The summed E-state index contributed by atoms with van der Waals surface area (Å²) in [6.07, 6.45) is -5.04. The smallest absolute Gasteiger partial charge is 0.405 e. The molecule has 10 heteroatoms. The molecule has 0 atom stereocenters. The molecule has 0 aliphatic carbocycles. The first-order chi connectivity index (χ1) is 7.50. The Labute approximate surface area is 97.6 Å². The summed E-state index contributed by atoms with van der Waals surface area (Å²) in [5.41, 5.74) is -1.45. The standard InChI is InChI=1S/C7H5ClF3NO4S/c1-3-4(16-7(9,10)11)2-5(12-6(3)13)17(8,14)15/h2H,1H3,(H,12,13). The number of nitrogens with one attached hydrogen (secondary N) is 1. The second kappa shape index (κ2) is 4.22. The molecule has 5 nitrogen and oxygen atoms in total. The minimum Gasteiger partial charge on any atom is -0.405 e. The van der Waals surface area contributed by atoms with Gasteiger partial charge in [0, 0.05) is 16.7 Å². The molecule has 96 valence electrons. The summed E-state index contributed by atoms with van der Waals surface area (Å²) in [5, 5.41) is -0.867. The first-order valence-corrected chi connectivity index (χ1v) is 6.26. The lowest BCUT2D eigenvalue weighted by molar-refractivity contribution is -0.275. The molecule has 0 unspecified atom stereocenters. The number of halogens is 4. The molecule has 0 bridgehead atoms. The van der Waals surface area contributed by atoms with Crippen LogP contribution in [0.5, 0.6) is 5.75 Å². The van der Waals surface area contributed by atoms with Crippen molar-refractivity contribution in [2.45, 2.75) is 18.3 Å². The Balaban J connectivity index is 3.41. The van der Waals surface area contributed by atoms with Crippen LogP contribution in [0.3, 0.4) is 0 Å². The molecule has 0 aliphatic rings. The molecule has 0 aromatic carbocycles. The van der Waals surface area contributed by atoms with Gasteiger partial charge in [0.25, 0.3) is 14.6 Å². The molecule has 0 amide bonds. The van der Waals surface area contributed by atoms with Gasteiger partial charge in [-0.3, -0.25) is 4.79 Å². The molecular weight excluding hydrogens is 287 g/mol. The van der Waals surface area contributed by atoms with Crippen LogP contribution in [0.2, 0.25) is 0 Å². The Morgan fingerprint density at radius 3 is 2.35 bits per heavy atom. The summed E-state index contributed by atoms with van der Waals surface area (Å²) in [6.45, 7) is 1.05. The molecule has 1 heterocycles. The maximum atomic E-state index is 12.0. The van der Waals surface area contributed by atoms with Crippen molar-refractivity contribution in [3.8, 4) is 5.75 Å². The number of hydrogen-bond acceptors (Lipinski definition) is 4. The number of H-pyrrole nitrogens is 1. The zero-order chi connectivity index (χ0) is 13.4. The Kier molecular flexibility index (Phi) is 3.44. The second-order valence-corrected chi connectivity index (χ2v) is 5.47. The van der Waals surface area contributed by atoms with Crippen LogP contribution in [0.15, 0.2) is 15.9 Å². The average molecular weight is 292 g/mol. The molecule has 17 heavy (non-hydrogen) atoms. The highest BCUT2D eigenvalue weighted by Gasteiger charge is 2.32. The average Bonchev–Trinajstić information content (AvgIpc) is 2.08. The van der Waals surface area contributed by atoms with Gasteiger partial charge in [0.05, 0.1) is 5.56 Å². The Hall–Kier alpha value is -1.22. The molecular formula is C7H5ClF3NO4S. The molecule has 0 spiro atoms. The maximum absolute atomic E-state index is 12.0. The summed E-state index contributed by atoms with van der Waals surface area (Å²) >= 11 is 0. The van der Waals surface area contributed by atoms with E-state index in [1.54, 1.807) is 0 Å². The summed E-state index contributed by atoms with van der Waals surface area (Å²) in [7, 11) is 0.541. The van der Waals surface area contributed by atoms with Crippen LogP contribution in [0, 0.1) is 6.92 Å². The van der Waals surface area contributed by atoms with Crippen molar-refractivity contribution in [2.75, 3.05) is 0 Å². The van der Waals surface area contributed by atoms with Gasteiger partial charge in [0.15, 0.2) is 5.03 Å². The van der Waals surface area contributed by atoms with Gasteiger partial charge in [-0.25, -0.2) is 8.42 Å². The van der Waals surface area contributed by atoms with Gasteiger partial charge in [-0.2, -0.15) is 0 Å². The predicted molar refractivity (Wildman–Crippen MR) is 51.5 cm³/mol. The summed E-state index contributed by atoms with van der Waals surface area (Å²) in [4.78, 5) is 13.0. The van der Waals surface area contributed by atoms with E-state index in [0.717, 1.165) is 6.92 Å². The third kappa shape index (κ3) is 3.63. The van der Waals surface area contributed by atoms with Crippen LogP contribution < -0.4 is 10.3 Å². The molecule has 1 rings (SSSR count). The van der Waals surface area contributed by atoms with Crippen molar-refractivity contribution in [2.24, 2.45) is 0 Å². The maximum Gasteiger partial charge on any atom is 0.573 e. The van der Waals surface area contributed by atoms with Crippen molar-refractivity contribution in [3.05, 3.63) is 22.0 Å². The van der Waals surface area contributed by atoms with Crippen molar-refractivity contribution in [1.29, 1.82) is 0 Å². The van der Waals surface area contributed by atoms with Gasteiger partial charge in [-0.15, -0.1) is 13.2 Å². The number of aromatic nitrogens is 1. The minimum absolute atomic E-state index is 0.411. The monoisotopic (exact) mass is 291 g/mol.